The Labute approximate surface area is 116 Å². The number of aromatic amines is 1. The number of thiazole rings is 1. The van der Waals surface area contributed by atoms with Crippen LogP contribution >= 0.6 is 34.9 Å². The van der Waals surface area contributed by atoms with E-state index in [2.05, 4.69) is 9.97 Å². The van der Waals surface area contributed by atoms with Gasteiger partial charge in [0.15, 0.2) is 4.77 Å². The van der Waals surface area contributed by atoms with Gasteiger partial charge >= 0.3 is 0 Å². The summed E-state index contributed by atoms with van der Waals surface area (Å²) in [5.41, 5.74) is 0.914. The fourth-order valence-corrected chi connectivity index (χ4v) is 3.58. The van der Waals surface area contributed by atoms with E-state index in [0.29, 0.717) is 16.7 Å². The van der Waals surface area contributed by atoms with Crippen LogP contribution in [0.1, 0.15) is 10.7 Å². The van der Waals surface area contributed by atoms with E-state index in [1.54, 1.807) is 15.9 Å². The Morgan fingerprint density at radius 3 is 3.06 bits per heavy atom. The second-order valence-electron chi connectivity index (χ2n) is 3.87. The van der Waals surface area contributed by atoms with Gasteiger partial charge in [-0.1, -0.05) is 0 Å². The van der Waals surface area contributed by atoms with Crippen LogP contribution in [0.15, 0.2) is 21.6 Å². The number of aromatic nitrogens is 3. The standard InChI is InChI=1S/C11H9N3OS3/c1-6-5-18-8(12-6)4-14-10(15)7-2-3-17-9(7)13-11(14)16/h2-3,5H,4H2,1H3,(H,13,16). The van der Waals surface area contributed by atoms with Crippen molar-refractivity contribution >= 4 is 45.1 Å². The van der Waals surface area contributed by atoms with Gasteiger partial charge in [-0.2, -0.15) is 0 Å². The van der Waals surface area contributed by atoms with Gasteiger partial charge in [0, 0.05) is 11.1 Å². The van der Waals surface area contributed by atoms with Crippen molar-refractivity contribution in [3.05, 3.63) is 42.7 Å². The molecule has 0 aromatic carbocycles. The highest BCUT2D eigenvalue weighted by molar-refractivity contribution is 7.71. The molecular formula is C11H9N3OS3. The van der Waals surface area contributed by atoms with Crippen LogP contribution in [0.25, 0.3) is 10.2 Å². The summed E-state index contributed by atoms with van der Waals surface area (Å²) < 4.78 is 2.01. The first-order chi connectivity index (χ1) is 8.65. The zero-order chi connectivity index (χ0) is 12.7. The van der Waals surface area contributed by atoms with Crippen molar-refractivity contribution in [3.63, 3.8) is 0 Å². The molecule has 0 aliphatic carbocycles. The Kier molecular flexibility index (Phi) is 2.89. The second-order valence-corrected chi connectivity index (χ2v) is 6.11. The van der Waals surface area contributed by atoms with E-state index in [1.807, 2.05) is 23.8 Å². The molecule has 0 fully saturated rings. The van der Waals surface area contributed by atoms with E-state index in [9.17, 15) is 4.79 Å². The summed E-state index contributed by atoms with van der Waals surface area (Å²) in [6.07, 6.45) is 0. The van der Waals surface area contributed by atoms with Gasteiger partial charge < -0.3 is 4.98 Å². The average Bonchev–Trinajstić information content (AvgIpc) is 2.93. The molecule has 3 aromatic heterocycles. The summed E-state index contributed by atoms with van der Waals surface area (Å²) in [6.45, 7) is 2.37. The topological polar surface area (TPSA) is 50.7 Å². The van der Waals surface area contributed by atoms with Gasteiger partial charge in [-0.3, -0.25) is 9.36 Å². The lowest BCUT2D eigenvalue weighted by atomic mass is 10.4. The molecule has 92 valence electrons. The van der Waals surface area contributed by atoms with E-state index in [4.69, 9.17) is 12.2 Å². The van der Waals surface area contributed by atoms with E-state index in [0.717, 1.165) is 15.5 Å². The molecule has 1 N–H and O–H groups in total. The minimum absolute atomic E-state index is 0.0529. The molecular weight excluding hydrogens is 286 g/mol. The minimum atomic E-state index is -0.0529. The zero-order valence-electron chi connectivity index (χ0n) is 9.47. The summed E-state index contributed by atoms with van der Waals surface area (Å²) >= 11 is 8.26. The molecule has 0 atom stereocenters. The first kappa shape index (κ1) is 11.8. The normalized spacial score (nSPS) is 11.2. The Hall–Kier alpha value is -1.31. The SMILES string of the molecule is Cc1csc(Cn2c(=S)[nH]c3sccc3c2=O)n1. The zero-order valence-corrected chi connectivity index (χ0v) is 11.9. The molecule has 0 amide bonds. The monoisotopic (exact) mass is 295 g/mol. The summed E-state index contributed by atoms with van der Waals surface area (Å²) in [6, 6.07) is 1.82. The van der Waals surface area contributed by atoms with Crippen LogP contribution in [-0.4, -0.2) is 14.5 Å². The van der Waals surface area contributed by atoms with Crippen molar-refractivity contribution in [2.45, 2.75) is 13.5 Å². The summed E-state index contributed by atoms with van der Waals surface area (Å²) in [5.74, 6) is 0. The van der Waals surface area contributed by atoms with Gasteiger partial charge in [0.2, 0.25) is 0 Å². The van der Waals surface area contributed by atoms with Gasteiger partial charge in [0.25, 0.3) is 5.56 Å². The number of hydrogen-bond acceptors (Lipinski definition) is 5. The number of aryl methyl sites for hydroxylation is 1. The lowest BCUT2D eigenvalue weighted by Crippen LogP contribution is -2.22. The summed E-state index contributed by atoms with van der Waals surface area (Å²) in [7, 11) is 0. The Bertz CT molecular complexity index is 824. The molecule has 0 bridgehead atoms. The van der Waals surface area contributed by atoms with Crippen LogP contribution in [0.2, 0.25) is 0 Å². The van der Waals surface area contributed by atoms with E-state index >= 15 is 0 Å². The number of hydrogen-bond donors (Lipinski definition) is 1. The quantitative estimate of drug-likeness (QED) is 0.740. The van der Waals surface area contributed by atoms with Crippen molar-refractivity contribution in [1.29, 1.82) is 0 Å². The summed E-state index contributed by atoms with van der Waals surface area (Å²) in [4.78, 5) is 20.5. The van der Waals surface area contributed by atoms with Crippen molar-refractivity contribution < 1.29 is 0 Å². The predicted molar refractivity (Wildman–Crippen MR) is 77.2 cm³/mol. The fraction of sp³-hybridized carbons (Fsp3) is 0.182. The molecule has 4 nitrogen and oxygen atoms in total. The smallest absolute Gasteiger partial charge is 0.263 e. The van der Waals surface area contributed by atoms with Gasteiger partial charge in [-0.05, 0) is 30.6 Å². The predicted octanol–water partition coefficient (Wildman–Crippen LogP) is 2.93. The molecule has 0 radical (unpaired) electrons. The summed E-state index contributed by atoms with van der Waals surface area (Å²) in [5, 5.41) is 5.43. The number of rotatable bonds is 2. The molecule has 18 heavy (non-hydrogen) atoms. The van der Waals surface area contributed by atoms with Crippen LogP contribution in [0.3, 0.4) is 0 Å². The van der Waals surface area contributed by atoms with Crippen molar-refractivity contribution in [2.75, 3.05) is 0 Å². The third-order valence-electron chi connectivity index (χ3n) is 2.57. The Morgan fingerprint density at radius 1 is 1.50 bits per heavy atom. The molecule has 3 rings (SSSR count). The van der Waals surface area contributed by atoms with Gasteiger partial charge in [-0.25, -0.2) is 4.98 Å². The van der Waals surface area contributed by atoms with Crippen LogP contribution in [0.5, 0.6) is 0 Å². The third-order valence-corrected chi connectivity index (χ3v) is 4.67. The highest BCUT2D eigenvalue weighted by Gasteiger charge is 2.08. The number of thiophene rings is 1. The fourth-order valence-electron chi connectivity index (χ4n) is 1.73. The number of H-pyrrole nitrogens is 1. The third kappa shape index (κ3) is 1.94. The number of fused-ring (bicyclic) bond motifs is 1. The van der Waals surface area contributed by atoms with Gasteiger partial charge in [-0.15, -0.1) is 22.7 Å². The van der Waals surface area contributed by atoms with Gasteiger partial charge in [0.05, 0.1) is 11.9 Å². The minimum Gasteiger partial charge on any atom is -0.323 e. The molecule has 3 aromatic rings. The maximum atomic E-state index is 12.3. The molecule has 0 spiro atoms. The van der Waals surface area contributed by atoms with Crippen molar-refractivity contribution in [2.24, 2.45) is 0 Å². The first-order valence-electron chi connectivity index (χ1n) is 5.26. The molecule has 0 saturated heterocycles. The molecule has 0 aliphatic rings. The van der Waals surface area contributed by atoms with E-state index in [1.165, 1.54) is 11.3 Å². The maximum Gasteiger partial charge on any atom is 0.263 e. The molecule has 0 saturated carbocycles. The second kappa shape index (κ2) is 4.42. The highest BCUT2D eigenvalue weighted by Crippen LogP contribution is 2.15. The van der Waals surface area contributed by atoms with E-state index < -0.39 is 0 Å². The highest BCUT2D eigenvalue weighted by atomic mass is 32.1. The molecule has 7 heteroatoms. The maximum absolute atomic E-state index is 12.3. The Balaban J connectivity index is 2.17. The van der Waals surface area contributed by atoms with E-state index in [-0.39, 0.29) is 5.56 Å². The number of nitrogens with zero attached hydrogens (tertiary/aromatic N) is 2. The van der Waals surface area contributed by atoms with Crippen LogP contribution < -0.4 is 5.56 Å². The largest absolute Gasteiger partial charge is 0.323 e. The van der Waals surface area contributed by atoms with Gasteiger partial charge in [0.1, 0.15) is 9.84 Å². The lowest BCUT2D eigenvalue weighted by molar-refractivity contribution is 0.729. The van der Waals surface area contributed by atoms with Crippen LogP contribution in [0, 0.1) is 11.7 Å². The van der Waals surface area contributed by atoms with Crippen molar-refractivity contribution in [1.82, 2.24) is 14.5 Å². The Morgan fingerprint density at radius 2 is 2.33 bits per heavy atom. The van der Waals surface area contributed by atoms with Crippen molar-refractivity contribution in [3.8, 4) is 0 Å². The first-order valence-corrected chi connectivity index (χ1v) is 7.43. The average molecular weight is 295 g/mol. The molecule has 0 unspecified atom stereocenters. The molecule has 0 aliphatic heterocycles. The van der Waals surface area contributed by atoms with Crippen LogP contribution in [0.4, 0.5) is 0 Å². The number of nitrogens with one attached hydrogen (secondary N) is 1. The van der Waals surface area contributed by atoms with Crippen LogP contribution in [-0.2, 0) is 6.54 Å². The molecule has 3 heterocycles. The lowest BCUT2D eigenvalue weighted by Gasteiger charge is -2.03.